The van der Waals surface area contributed by atoms with Crippen molar-refractivity contribution in [2.24, 2.45) is 5.92 Å². The van der Waals surface area contributed by atoms with Gasteiger partial charge in [0.05, 0.1) is 23.5 Å². The number of benzene rings is 1. The van der Waals surface area contributed by atoms with Gasteiger partial charge in [0.15, 0.2) is 0 Å². The summed E-state index contributed by atoms with van der Waals surface area (Å²) in [7, 11) is 0. The molecule has 0 saturated heterocycles. The van der Waals surface area contributed by atoms with E-state index in [1.807, 2.05) is 0 Å². The van der Waals surface area contributed by atoms with E-state index in [0.29, 0.717) is 12.0 Å². The maximum absolute atomic E-state index is 12.8. The Hall–Kier alpha value is -1.82. The van der Waals surface area contributed by atoms with Gasteiger partial charge in [-0.25, -0.2) is 4.98 Å². The van der Waals surface area contributed by atoms with Gasteiger partial charge in [0.1, 0.15) is 5.82 Å². The molecule has 0 aliphatic heterocycles. The van der Waals surface area contributed by atoms with Crippen molar-refractivity contribution in [1.82, 2.24) is 15.3 Å². The Balaban J connectivity index is 1.54. The fraction of sp³-hybridized carbons (Fsp3) is 0.571. The number of hydrogen-bond acceptors (Lipinski definition) is 2. The summed E-state index contributed by atoms with van der Waals surface area (Å²) in [6.07, 6.45) is 7.41. The van der Waals surface area contributed by atoms with Crippen LogP contribution in [0.15, 0.2) is 30.5 Å². The molecular weight excluding hydrogens is 351 g/mol. The lowest BCUT2D eigenvalue weighted by molar-refractivity contribution is -0.137. The van der Waals surface area contributed by atoms with Crippen molar-refractivity contribution in [2.75, 3.05) is 0 Å². The van der Waals surface area contributed by atoms with Crippen LogP contribution >= 0.6 is 0 Å². The van der Waals surface area contributed by atoms with Gasteiger partial charge in [0.25, 0.3) is 0 Å². The molecule has 4 rings (SSSR count). The van der Waals surface area contributed by atoms with E-state index in [1.54, 1.807) is 6.20 Å². The van der Waals surface area contributed by atoms with E-state index in [9.17, 15) is 13.2 Å². The molecule has 1 heterocycles. The summed E-state index contributed by atoms with van der Waals surface area (Å²) in [5.41, 5.74) is 0.875. The lowest BCUT2D eigenvalue weighted by atomic mass is 9.82. The number of H-pyrrole nitrogens is 1. The average Bonchev–Trinajstić information content (AvgIpc) is 3.11. The van der Waals surface area contributed by atoms with Gasteiger partial charge in [-0.1, -0.05) is 37.8 Å². The van der Waals surface area contributed by atoms with Crippen LogP contribution in [0.1, 0.15) is 68.8 Å². The molecule has 2 saturated carbocycles. The zero-order valence-electron chi connectivity index (χ0n) is 15.4. The Morgan fingerprint density at radius 3 is 2.26 bits per heavy atom. The molecular formula is C21H26F3N3. The molecule has 0 unspecified atom stereocenters. The second kappa shape index (κ2) is 7.66. The predicted octanol–water partition coefficient (Wildman–Crippen LogP) is 5.86. The molecule has 1 aromatic carbocycles. The number of halogens is 3. The van der Waals surface area contributed by atoms with Crippen molar-refractivity contribution in [3.05, 3.63) is 41.9 Å². The summed E-state index contributed by atoms with van der Waals surface area (Å²) < 4.78 is 38.3. The van der Waals surface area contributed by atoms with Crippen LogP contribution in [-0.2, 0) is 6.18 Å². The van der Waals surface area contributed by atoms with Crippen LogP contribution in [-0.4, -0.2) is 16.0 Å². The van der Waals surface area contributed by atoms with Crippen molar-refractivity contribution in [3.8, 4) is 11.3 Å². The van der Waals surface area contributed by atoms with E-state index >= 15 is 0 Å². The molecule has 2 aromatic rings. The summed E-state index contributed by atoms with van der Waals surface area (Å²) in [6.45, 7) is 0. The summed E-state index contributed by atoms with van der Waals surface area (Å²) in [4.78, 5) is 7.99. The number of rotatable bonds is 5. The maximum Gasteiger partial charge on any atom is 0.416 e. The molecule has 2 fully saturated rings. The third kappa shape index (κ3) is 4.21. The van der Waals surface area contributed by atoms with E-state index in [4.69, 9.17) is 0 Å². The highest BCUT2D eigenvalue weighted by atomic mass is 19.4. The molecule has 1 atom stereocenters. The maximum atomic E-state index is 12.8. The molecule has 27 heavy (non-hydrogen) atoms. The number of nitrogens with one attached hydrogen (secondary N) is 2. The lowest BCUT2D eigenvalue weighted by Crippen LogP contribution is -2.41. The van der Waals surface area contributed by atoms with E-state index in [-0.39, 0.29) is 6.04 Å². The first-order valence-electron chi connectivity index (χ1n) is 9.99. The predicted molar refractivity (Wildman–Crippen MR) is 99.1 cm³/mol. The van der Waals surface area contributed by atoms with Crippen LogP contribution in [0.2, 0.25) is 0 Å². The van der Waals surface area contributed by atoms with Crippen molar-refractivity contribution in [2.45, 2.75) is 69.6 Å². The molecule has 2 aliphatic carbocycles. The van der Waals surface area contributed by atoms with Gasteiger partial charge in [-0.3, -0.25) is 0 Å². The van der Waals surface area contributed by atoms with Crippen LogP contribution in [0.5, 0.6) is 0 Å². The fourth-order valence-electron chi connectivity index (χ4n) is 4.21. The zero-order chi connectivity index (χ0) is 18.9. The monoisotopic (exact) mass is 377 g/mol. The van der Waals surface area contributed by atoms with Crippen LogP contribution in [0.4, 0.5) is 13.2 Å². The SMILES string of the molecule is FC(F)(F)c1ccc(-c2cnc([C@@H](NC3CCC3)C3CCCCC3)[nH]2)cc1. The number of aromatic amines is 1. The molecule has 146 valence electrons. The highest BCUT2D eigenvalue weighted by Gasteiger charge is 2.32. The van der Waals surface area contributed by atoms with Gasteiger partial charge in [-0.05, 0) is 49.3 Å². The Labute approximate surface area is 157 Å². The summed E-state index contributed by atoms with van der Waals surface area (Å²) in [5.74, 6) is 1.50. The largest absolute Gasteiger partial charge is 0.416 e. The molecule has 2 aliphatic rings. The minimum atomic E-state index is -4.31. The van der Waals surface area contributed by atoms with Crippen LogP contribution in [0, 0.1) is 5.92 Å². The average molecular weight is 377 g/mol. The number of imidazole rings is 1. The quantitative estimate of drug-likeness (QED) is 0.685. The van der Waals surface area contributed by atoms with Gasteiger partial charge in [0, 0.05) is 6.04 Å². The molecule has 0 amide bonds. The highest BCUT2D eigenvalue weighted by Crippen LogP contribution is 2.36. The van der Waals surface area contributed by atoms with Crippen molar-refractivity contribution < 1.29 is 13.2 Å². The summed E-state index contributed by atoms with van der Waals surface area (Å²) in [6, 6.07) is 6.04. The Morgan fingerprint density at radius 1 is 0.963 bits per heavy atom. The Bertz CT molecular complexity index is 741. The minimum Gasteiger partial charge on any atom is -0.341 e. The van der Waals surface area contributed by atoms with Crippen LogP contribution < -0.4 is 5.32 Å². The Morgan fingerprint density at radius 2 is 1.67 bits per heavy atom. The fourth-order valence-corrected chi connectivity index (χ4v) is 4.21. The molecule has 3 nitrogen and oxygen atoms in total. The van der Waals surface area contributed by atoms with E-state index < -0.39 is 11.7 Å². The standard InChI is InChI=1S/C21H26F3N3/c22-21(23,24)16-11-9-14(10-12-16)18-13-25-20(27-18)19(26-17-7-4-8-17)15-5-2-1-3-6-15/h9-13,15,17,19,26H,1-8H2,(H,25,27)/t19-/m0/s1. The number of nitrogens with zero attached hydrogens (tertiary/aromatic N) is 1. The Kier molecular flexibility index (Phi) is 5.26. The van der Waals surface area contributed by atoms with Crippen molar-refractivity contribution >= 4 is 0 Å². The number of hydrogen-bond donors (Lipinski definition) is 2. The van der Waals surface area contributed by atoms with Gasteiger partial charge < -0.3 is 10.3 Å². The highest BCUT2D eigenvalue weighted by molar-refractivity contribution is 5.59. The smallest absolute Gasteiger partial charge is 0.341 e. The van der Waals surface area contributed by atoms with Crippen LogP contribution in [0.25, 0.3) is 11.3 Å². The first-order chi connectivity index (χ1) is 13.0. The zero-order valence-corrected chi connectivity index (χ0v) is 15.4. The van der Waals surface area contributed by atoms with E-state index in [1.165, 1.54) is 63.5 Å². The molecule has 1 aromatic heterocycles. The minimum absolute atomic E-state index is 0.207. The molecule has 2 N–H and O–H groups in total. The molecule has 0 spiro atoms. The normalized spacial score (nSPS) is 20.4. The molecule has 0 radical (unpaired) electrons. The van der Waals surface area contributed by atoms with E-state index in [0.717, 1.165) is 29.2 Å². The van der Waals surface area contributed by atoms with Gasteiger partial charge in [0.2, 0.25) is 0 Å². The lowest BCUT2D eigenvalue weighted by Gasteiger charge is -2.36. The third-order valence-corrected chi connectivity index (χ3v) is 6.05. The van der Waals surface area contributed by atoms with Crippen molar-refractivity contribution in [1.29, 1.82) is 0 Å². The first-order valence-corrected chi connectivity index (χ1v) is 9.99. The summed E-state index contributed by atoms with van der Waals surface area (Å²) in [5, 5.41) is 3.79. The second-order valence-electron chi connectivity index (χ2n) is 7.93. The topological polar surface area (TPSA) is 40.7 Å². The van der Waals surface area contributed by atoms with Gasteiger partial charge in [-0.2, -0.15) is 13.2 Å². The summed E-state index contributed by atoms with van der Waals surface area (Å²) >= 11 is 0. The number of alkyl halides is 3. The van der Waals surface area contributed by atoms with Gasteiger partial charge >= 0.3 is 6.18 Å². The number of aromatic nitrogens is 2. The molecule has 6 heteroatoms. The van der Waals surface area contributed by atoms with Gasteiger partial charge in [-0.15, -0.1) is 0 Å². The van der Waals surface area contributed by atoms with Crippen LogP contribution in [0.3, 0.4) is 0 Å². The van der Waals surface area contributed by atoms with E-state index in [2.05, 4.69) is 15.3 Å². The second-order valence-corrected chi connectivity index (χ2v) is 7.93. The molecule has 0 bridgehead atoms. The first kappa shape index (κ1) is 18.5. The van der Waals surface area contributed by atoms with Crippen molar-refractivity contribution in [3.63, 3.8) is 0 Å². The third-order valence-electron chi connectivity index (χ3n) is 6.05.